The average Bonchev–Trinajstić information content (AvgIpc) is 2.83. The van der Waals surface area contributed by atoms with Crippen molar-refractivity contribution in [3.05, 3.63) is 0 Å². The highest BCUT2D eigenvalue weighted by Gasteiger charge is 2.45. The largest absolute Gasteiger partial charge is 0.375 e. The summed E-state index contributed by atoms with van der Waals surface area (Å²) in [6, 6.07) is 0.0674. The minimum absolute atomic E-state index is 0.0299. The highest BCUT2D eigenvalue weighted by Crippen LogP contribution is 2.39. The molecular formula is C15H29NO3S. The lowest BCUT2D eigenvalue weighted by molar-refractivity contribution is -0.0447. The fourth-order valence-corrected chi connectivity index (χ4v) is 6.10. The van der Waals surface area contributed by atoms with E-state index < -0.39 is 10.0 Å². The summed E-state index contributed by atoms with van der Waals surface area (Å²) < 4.78 is 33.3. The smallest absolute Gasteiger partial charge is 0.217 e. The molecule has 4 nitrogen and oxygen atoms in total. The second kappa shape index (κ2) is 6.32. The van der Waals surface area contributed by atoms with E-state index in [1.807, 2.05) is 13.8 Å². The van der Waals surface area contributed by atoms with Gasteiger partial charge in [0.1, 0.15) is 0 Å². The Morgan fingerprint density at radius 3 is 2.60 bits per heavy atom. The van der Waals surface area contributed by atoms with E-state index in [2.05, 4.69) is 6.92 Å². The van der Waals surface area contributed by atoms with Crippen LogP contribution in [0.25, 0.3) is 0 Å². The normalized spacial score (nSPS) is 33.6. The van der Waals surface area contributed by atoms with Gasteiger partial charge in [0, 0.05) is 19.2 Å². The van der Waals surface area contributed by atoms with Crippen LogP contribution < -0.4 is 0 Å². The van der Waals surface area contributed by atoms with Gasteiger partial charge in [-0.2, -0.15) is 4.31 Å². The van der Waals surface area contributed by atoms with E-state index in [-0.39, 0.29) is 16.9 Å². The third-order valence-corrected chi connectivity index (χ3v) is 7.55. The summed E-state index contributed by atoms with van der Waals surface area (Å²) in [5, 5.41) is -0.214. The third kappa shape index (κ3) is 3.04. The highest BCUT2D eigenvalue weighted by molar-refractivity contribution is 7.89. The van der Waals surface area contributed by atoms with Gasteiger partial charge in [0.15, 0.2) is 0 Å². The molecule has 2 rings (SSSR count). The third-order valence-electron chi connectivity index (χ3n) is 4.95. The molecule has 0 amide bonds. The Hall–Kier alpha value is -0.130. The van der Waals surface area contributed by atoms with E-state index >= 15 is 0 Å². The first-order chi connectivity index (χ1) is 9.45. The molecule has 2 saturated heterocycles. The van der Waals surface area contributed by atoms with Gasteiger partial charge in [0.2, 0.25) is 10.0 Å². The van der Waals surface area contributed by atoms with E-state index in [1.54, 1.807) is 4.31 Å². The van der Waals surface area contributed by atoms with Crippen molar-refractivity contribution in [3.8, 4) is 0 Å². The predicted molar refractivity (Wildman–Crippen MR) is 81.2 cm³/mol. The van der Waals surface area contributed by atoms with Gasteiger partial charge in [0.05, 0.1) is 10.9 Å². The SMILES string of the molecule is CCCC(CC)S(=O)(=O)N1CCC2(CCCO2)CC1C. The Bertz CT molecular complexity index is 415. The van der Waals surface area contributed by atoms with Crippen LogP contribution in [0.5, 0.6) is 0 Å². The molecule has 1 spiro atoms. The standard InChI is InChI=1S/C15H29NO3S/c1-4-7-14(5-2)20(17,18)16-10-9-15(12-13(16)3)8-6-11-19-15/h13-14H,4-12H2,1-3H3. The van der Waals surface area contributed by atoms with E-state index in [9.17, 15) is 8.42 Å². The number of ether oxygens (including phenoxy) is 1. The number of nitrogens with zero attached hydrogens (tertiary/aromatic N) is 1. The lowest BCUT2D eigenvalue weighted by Crippen LogP contribution is -2.53. The van der Waals surface area contributed by atoms with E-state index in [1.165, 1.54) is 0 Å². The number of piperidine rings is 1. The van der Waals surface area contributed by atoms with Gasteiger partial charge in [-0.3, -0.25) is 0 Å². The molecule has 3 atom stereocenters. The maximum atomic E-state index is 12.8. The number of sulfonamides is 1. The van der Waals surface area contributed by atoms with Gasteiger partial charge in [-0.1, -0.05) is 20.3 Å². The average molecular weight is 303 g/mol. The second-order valence-electron chi connectivity index (χ2n) is 6.41. The van der Waals surface area contributed by atoms with Gasteiger partial charge < -0.3 is 4.74 Å². The van der Waals surface area contributed by atoms with Gasteiger partial charge in [-0.25, -0.2) is 8.42 Å². The van der Waals surface area contributed by atoms with Gasteiger partial charge in [0.25, 0.3) is 0 Å². The van der Waals surface area contributed by atoms with Crippen LogP contribution in [0, 0.1) is 0 Å². The highest BCUT2D eigenvalue weighted by atomic mass is 32.2. The first kappa shape index (κ1) is 16.2. The van der Waals surface area contributed by atoms with Crippen molar-refractivity contribution < 1.29 is 13.2 Å². The minimum atomic E-state index is -3.15. The van der Waals surface area contributed by atoms with Crippen molar-refractivity contribution in [1.82, 2.24) is 4.31 Å². The quantitative estimate of drug-likeness (QED) is 0.784. The van der Waals surface area contributed by atoms with Crippen LogP contribution in [0.1, 0.15) is 65.7 Å². The molecule has 0 aromatic heterocycles. The number of rotatable bonds is 5. The molecule has 5 heteroatoms. The molecule has 2 aliphatic heterocycles. The molecule has 3 unspecified atom stereocenters. The van der Waals surface area contributed by atoms with E-state index in [0.717, 1.165) is 45.1 Å². The molecule has 2 fully saturated rings. The lowest BCUT2D eigenvalue weighted by atomic mass is 9.86. The van der Waals surface area contributed by atoms with Crippen LogP contribution in [-0.2, 0) is 14.8 Å². The zero-order valence-corrected chi connectivity index (χ0v) is 13.9. The summed E-state index contributed by atoms with van der Waals surface area (Å²) in [5.41, 5.74) is -0.0299. The zero-order chi connectivity index (χ0) is 14.8. The van der Waals surface area contributed by atoms with Crippen molar-refractivity contribution >= 4 is 10.0 Å². The summed E-state index contributed by atoms with van der Waals surface area (Å²) in [6.45, 7) is 7.54. The Balaban J connectivity index is 2.09. The molecule has 118 valence electrons. The van der Waals surface area contributed by atoms with Crippen LogP contribution in [-0.4, -0.2) is 42.8 Å². The summed E-state index contributed by atoms with van der Waals surface area (Å²) in [7, 11) is -3.15. The van der Waals surface area contributed by atoms with Gasteiger partial charge in [-0.05, 0) is 45.4 Å². The molecule has 0 aromatic rings. The molecule has 2 heterocycles. The Morgan fingerprint density at radius 2 is 2.10 bits per heavy atom. The minimum Gasteiger partial charge on any atom is -0.375 e. The van der Waals surface area contributed by atoms with E-state index in [0.29, 0.717) is 13.0 Å². The number of hydrogen-bond donors (Lipinski definition) is 0. The fraction of sp³-hybridized carbons (Fsp3) is 1.00. The van der Waals surface area contributed by atoms with Crippen LogP contribution in [0.2, 0.25) is 0 Å². The van der Waals surface area contributed by atoms with Crippen LogP contribution in [0.3, 0.4) is 0 Å². The Labute approximate surface area is 123 Å². The van der Waals surface area contributed by atoms with Crippen LogP contribution in [0.4, 0.5) is 0 Å². The molecule has 20 heavy (non-hydrogen) atoms. The Kier molecular flexibility index (Phi) is 5.14. The lowest BCUT2D eigenvalue weighted by Gasteiger charge is -2.43. The Morgan fingerprint density at radius 1 is 1.35 bits per heavy atom. The van der Waals surface area contributed by atoms with Crippen LogP contribution >= 0.6 is 0 Å². The summed E-state index contributed by atoms with van der Waals surface area (Å²) in [4.78, 5) is 0. The fourth-order valence-electron chi connectivity index (χ4n) is 3.85. The molecule has 0 radical (unpaired) electrons. The molecule has 0 N–H and O–H groups in total. The van der Waals surface area contributed by atoms with Gasteiger partial charge in [-0.15, -0.1) is 0 Å². The molecule has 0 aromatic carbocycles. The molecular weight excluding hydrogens is 274 g/mol. The maximum absolute atomic E-state index is 12.8. The van der Waals surface area contributed by atoms with Crippen molar-refractivity contribution in [2.24, 2.45) is 0 Å². The maximum Gasteiger partial charge on any atom is 0.217 e. The molecule has 0 saturated carbocycles. The second-order valence-corrected chi connectivity index (χ2v) is 8.58. The van der Waals surface area contributed by atoms with Crippen molar-refractivity contribution in [1.29, 1.82) is 0 Å². The van der Waals surface area contributed by atoms with E-state index in [4.69, 9.17) is 4.74 Å². The monoisotopic (exact) mass is 303 g/mol. The summed E-state index contributed by atoms with van der Waals surface area (Å²) in [5.74, 6) is 0. The van der Waals surface area contributed by atoms with Crippen molar-refractivity contribution in [2.45, 2.75) is 82.6 Å². The van der Waals surface area contributed by atoms with Crippen molar-refractivity contribution in [2.75, 3.05) is 13.2 Å². The van der Waals surface area contributed by atoms with Crippen LogP contribution in [0.15, 0.2) is 0 Å². The van der Waals surface area contributed by atoms with Gasteiger partial charge >= 0.3 is 0 Å². The molecule has 2 aliphatic rings. The summed E-state index contributed by atoms with van der Waals surface area (Å²) in [6.07, 6.45) is 6.33. The number of hydrogen-bond acceptors (Lipinski definition) is 3. The predicted octanol–water partition coefficient (Wildman–Crippen LogP) is 2.93. The van der Waals surface area contributed by atoms with Crippen molar-refractivity contribution in [3.63, 3.8) is 0 Å². The zero-order valence-electron chi connectivity index (χ0n) is 13.1. The first-order valence-electron chi connectivity index (χ1n) is 8.10. The topological polar surface area (TPSA) is 46.6 Å². The molecule has 0 aliphatic carbocycles. The first-order valence-corrected chi connectivity index (χ1v) is 9.60. The molecule has 0 bridgehead atoms. The summed E-state index contributed by atoms with van der Waals surface area (Å²) >= 11 is 0.